The van der Waals surface area contributed by atoms with Crippen LogP contribution in [-0.2, 0) is 0 Å². The Balaban J connectivity index is 2.44. The van der Waals surface area contributed by atoms with Gasteiger partial charge in [-0.1, -0.05) is 48.7 Å². The molecule has 110 valence electrons. The highest BCUT2D eigenvalue weighted by Gasteiger charge is 2.08. The molecule has 0 radical (unpaired) electrons. The number of benzene rings is 1. The Bertz CT molecular complexity index is 678. The maximum Gasteiger partial charge on any atom is 0.0635 e. The molecule has 0 aliphatic carbocycles. The van der Waals surface area contributed by atoms with Gasteiger partial charge in [-0.05, 0) is 37.1 Å². The third-order valence-electron chi connectivity index (χ3n) is 3.29. The maximum absolute atomic E-state index is 6.38. The Morgan fingerprint density at radius 1 is 1.29 bits per heavy atom. The molecule has 0 saturated carbocycles. The van der Waals surface area contributed by atoms with Crippen LogP contribution in [0.5, 0.6) is 0 Å². The molecule has 2 N–H and O–H groups in total. The summed E-state index contributed by atoms with van der Waals surface area (Å²) in [5.74, 6) is 0. The fourth-order valence-electron chi connectivity index (χ4n) is 2.04. The van der Waals surface area contributed by atoms with Gasteiger partial charge in [0.15, 0.2) is 0 Å². The lowest BCUT2D eigenvalue weighted by Crippen LogP contribution is -1.92. The number of nitrogens with zero attached hydrogens (tertiary/aromatic N) is 1. The van der Waals surface area contributed by atoms with Gasteiger partial charge in [0, 0.05) is 28.0 Å². The number of halogens is 2. The second-order valence-corrected chi connectivity index (χ2v) is 5.75. The van der Waals surface area contributed by atoms with Gasteiger partial charge in [-0.15, -0.1) is 0 Å². The number of nitrogens with two attached hydrogens (primary N) is 1. The molecule has 1 aromatic heterocycles. The van der Waals surface area contributed by atoms with Gasteiger partial charge in [-0.3, -0.25) is 4.98 Å². The number of unbranched alkanes of at least 4 members (excludes halogenated alkanes) is 1. The summed E-state index contributed by atoms with van der Waals surface area (Å²) in [6, 6.07) is 7.61. The normalized spacial score (nSPS) is 11.7. The summed E-state index contributed by atoms with van der Waals surface area (Å²) in [7, 11) is 0. The smallest absolute Gasteiger partial charge is 0.0635 e. The molecule has 2 rings (SSSR count). The van der Waals surface area contributed by atoms with Crippen LogP contribution in [0.25, 0.3) is 16.2 Å². The van der Waals surface area contributed by atoms with Crippen molar-refractivity contribution in [3.8, 4) is 11.1 Å². The minimum Gasteiger partial charge on any atom is -0.398 e. The van der Waals surface area contributed by atoms with Gasteiger partial charge in [0.1, 0.15) is 0 Å². The average Bonchev–Trinajstić information content (AvgIpc) is 2.48. The number of rotatable bonds is 4. The van der Waals surface area contributed by atoms with E-state index >= 15 is 0 Å². The van der Waals surface area contributed by atoms with Crippen molar-refractivity contribution < 1.29 is 0 Å². The van der Waals surface area contributed by atoms with Crippen LogP contribution < -0.4 is 5.73 Å². The molecule has 0 amide bonds. The third kappa shape index (κ3) is 3.78. The van der Waals surface area contributed by atoms with Crippen molar-refractivity contribution in [1.29, 1.82) is 0 Å². The minimum atomic E-state index is 0.555. The van der Waals surface area contributed by atoms with E-state index in [9.17, 15) is 0 Å². The summed E-state index contributed by atoms with van der Waals surface area (Å²) in [6.07, 6.45) is 5.88. The van der Waals surface area contributed by atoms with Gasteiger partial charge in [0.2, 0.25) is 0 Å². The molecule has 0 spiro atoms. The predicted molar refractivity (Wildman–Crippen MR) is 92.6 cm³/mol. The first kappa shape index (κ1) is 15.9. The number of pyridine rings is 1. The summed E-state index contributed by atoms with van der Waals surface area (Å²) >= 11 is 12.3. The van der Waals surface area contributed by atoms with E-state index in [-0.39, 0.29) is 0 Å². The highest BCUT2D eigenvalue weighted by atomic mass is 35.5. The molecule has 0 atom stereocenters. The summed E-state index contributed by atoms with van der Waals surface area (Å²) in [5, 5.41) is 1.30. The Kier molecular flexibility index (Phi) is 5.27. The molecule has 0 fully saturated rings. The molecule has 0 aliphatic heterocycles. The molecular weight excluding hydrogens is 303 g/mol. The topological polar surface area (TPSA) is 38.9 Å². The zero-order chi connectivity index (χ0) is 15.4. The second-order valence-electron chi connectivity index (χ2n) is 4.93. The van der Waals surface area contributed by atoms with Crippen LogP contribution in [0.4, 0.5) is 5.69 Å². The average molecular weight is 321 g/mol. The molecule has 1 heterocycles. The lowest BCUT2D eigenvalue weighted by molar-refractivity contribution is 0.961. The fraction of sp³-hybridized carbons (Fsp3) is 0.235. The lowest BCUT2D eigenvalue weighted by atomic mass is 10.0. The van der Waals surface area contributed by atoms with Crippen molar-refractivity contribution in [2.45, 2.75) is 26.7 Å². The molecular formula is C17H18Cl2N2. The van der Waals surface area contributed by atoms with Crippen molar-refractivity contribution in [1.82, 2.24) is 4.98 Å². The number of nitrogen functional groups attached to an aromatic ring is 1. The quantitative estimate of drug-likeness (QED) is 0.737. The van der Waals surface area contributed by atoms with Crippen LogP contribution >= 0.6 is 23.2 Å². The van der Waals surface area contributed by atoms with Gasteiger partial charge < -0.3 is 5.73 Å². The van der Waals surface area contributed by atoms with Crippen molar-refractivity contribution in [3.05, 3.63) is 52.8 Å². The largest absolute Gasteiger partial charge is 0.398 e. The maximum atomic E-state index is 6.38. The van der Waals surface area contributed by atoms with Gasteiger partial charge >= 0.3 is 0 Å². The monoisotopic (exact) mass is 320 g/mol. The standard InChI is InChI=1S/C17H18Cl2N2/c1-3-4-5-15(18)14-8-13(10-21-11(14)2)12-6-7-16(19)17(20)9-12/h5-10H,3-4,20H2,1-2H3/b15-5+. The van der Waals surface area contributed by atoms with Gasteiger partial charge in [-0.2, -0.15) is 0 Å². The van der Waals surface area contributed by atoms with Gasteiger partial charge in [0.05, 0.1) is 10.7 Å². The number of allylic oxidation sites excluding steroid dienone is 1. The number of aryl methyl sites for hydroxylation is 1. The molecule has 2 nitrogen and oxygen atoms in total. The summed E-state index contributed by atoms with van der Waals surface area (Å²) in [4.78, 5) is 4.44. The Hall–Kier alpha value is -1.51. The Morgan fingerprint density at radius 3 is 2.71 bits per heavy atom. The van der Waals surface area contributed by atoms with E-state index < -0.39 is 0 Å². The number of hydrogen-bond acceptors (Lipinski definition) is 2. The lowest BCUT2D eigenvalue weighted by Gasteiger charge is -2.09. The van der Waals surface area contributed by atoms with E-state index in [0.717, 1.165) is 40.3 Å². The molecule has 1 aromatic carbocycles. The first-order valence-corrected chi connectivity index (χ1v) is 7.66. The van der Waals surface area contributed by atoms with E-state index in [2.05, 4.69) is 11.9 Å². The van der Waals surface area contributed by atoms with Crippen LogP contribution in [0.2, 0.25) is 5.02 Å². The molecule has 0 bridgehead atoms. The van der Waals surface area contributed by atoms with Crippen molar-refractivity contribution >= 4 is 33.9 Å². The van der Waals surface area contributed by atoms with Crippen molar-refractivity contribution in [2.24, 2.45) is 0 Å². The van der Waals surface area contributed by atoms with Crippen LogP contribution in [0, 0.1) is 6.92 Å². The molecule has 21 heavy (non-hydrogen) atoms. The van der Waals surface area contributed by atoms with Crippen LogP contribution in [-0.4, -0.2) is 4.98 Å². The van der Waals surface area contributed by atoms with Crippen LogP contribution in [0.1, 0.15) is 31.0 Å². The van der Waals surface area contributed by atoms with E-state index in [1.54, 1.807) is 6.07 Å². The zero-order valence-corrected chi connectivity index (χ0v) is 13.7. The Morgan fingerprint density at radius 2 is 2.05 bits per heavy atom. The zero-order valence-electron chi connectivity index (χ0n) is 12.2. The first-order chi connectivity index (χ1) is 10.0. The van der Waals surface area contributed by atoms with Crippen molar-refractivity contribution in [2.75, 3.05) is 5.73 Å². The highest BCUT2D eigenvalue weighted by molar-refractivity contribution is 6.48. The summed E-state index contributed by atoms with van der Waals surface area (Å²) < 4.78 is 0. The van der Waals surface area contributed by atoms with E-state index in [1.807, 2.05) is 37.4 Å². The number of anilines is 1. The van der Waals surface area contributed by atoms with Gasteiger partial charge in [-0.25, -0.2) is 0 Å². The molecule has 4 heteroatoms. The third-order valence-corrected chi connectivity index (χ3v) is 3.99. The minimum absolute atomic E-state index is 0.555. The summed E-state index contributed by atoms with van der Waals surface area (Å²) in [5.41, 5.74) is 10.2. The van der Waals surface area contributed by atoms with Crippen LogP contribution in [0.3, 0.4) is 0 Å². The van der Waals surface area contributed by atoms with E-state index in [4.69, 9.17) is 28.9 Å². The number of aromatic nitrogens is 1. The Labute approximate surface area is 135 Å². The second kappa shape index (κ2) is 6.97. The van der Waals surface area contributed by atoms with Gasteiger partial charge in [0.25, 0.3) is 0 Å². The highest BCUT2D eigenvalue weighted by Crippen LogP contribution is 2.30. The first-order valence-electron chi connectivity index (χ1n) is 6.91. The van der Waals surface area contributed by atoms with Crippen LogP contribution in [0.15, 0.2) is 36.5 Å². The van der Waals surface area contributed by atoms with Crippen molar-refractivity contribution in [3.63, 3.8) is 0 Å². The predicted octanol–water partition coefficient (Wildman–Crippen LogP) is 5.67. The molecule has 0 saturated heterocycles. The van der Waals surface area contributed by atoms with E-state index in [1.165, 1.54) is 0 Å². The number of hydrogen-bond donors (Lipinski definition) is 1. The summed E-state index contributed by atoms with van der Waals surface area (Å²) in [6.45, 7) is 4.08. The SMILES string of the molecule is CCC/C=C(/Cl)c1cc(-c2ccc(Cl)c(N)c2)cnc1C. The van der Waals surface area contributed by atoms with E-state index in [0.29, 0.717) is 10.7 Å². The molecule has 0 unspecified atom stereocenters. The molecule has 2 aromatic rings. The molecule has 0 aliphatic rings. The fourth-order valence-corrected chi connectivity index (χ4v) is 2.46.